The zero-order chi connectivity index (χ0) is 14.1. The average molecular weight is 346 g/mol. The van der Waals surface area contributed by atoms with Crippen LogP contribution in [0.1, 0.15) is 18.4 Å². The van der Waals surface area contributed by atoms with Gasteiger partial charge in [-0.25, -0.2) is 0 Å². The van der Waals surface area contributed by atoms with E-state index in [9.17, 15) is 4.79 Å². The number of carbonyl (C=O) groups is 1. The van der Waals surface area contributed by atoms with Gasteiger partial charge in [-0.15, -0.1) is 0 Å². The molecule has 0 heterocycles. The number of benzene rings is 1. The van der Waals surface area contributed by atoms with Crippen molar-refractivity contribution >= 4 is 33.6 Å². The molecule has 1 atom stereocenters. The van der Waals surface area contributed by atoms with Gasteiger partial charge in [0, 0.05) is 29.3 Å². The Balaban J connectivity index is 2.35. The van der Waals surface area contributed by atoms with Crippen molar-refractivity contribution in [3.8, 4) is 0 Å². The molecule has 0 spiro atoms. The fraction of sp³-hybridized carbons (Fsp3) is 0.500. The highest BCUT2D eigenvalue weighted by molar-refractivity contribution is 9.10. The topological polar surface area (TPSA) is 49.3 Å². The largest absolute Gasteiger partial charge is 0.396 e. The van der Waals surface area contributed by atoms with Crippen molar-refractivity contribution < 1.29 is 9.90 Å². The minimum atomic E-state index is 0.0513. The highest BCUT2D eigenvalue weighted by atomic mass is 79.9. The number of amides is 1. The van der Waals surface area contributed by atoms with Crippen molar-refractivity contribution in [3.05, 3.63) is 34.3 Å². The van der Waals surface area contributed by atoms with Gasteiger partial charge in [-0.3, -0.25) is 4.79 Å². The molecule has 0 saturated carbocycles. The Kier molecular flexibility index (Phi) is 8.18. The van der Waals surface area contributed by atoms with Crippen LogP contribution < -0.4 is 5.32 Å². The first kappa shape index (κ1) is 16.5. The summed E-state index contributed by atoms with van der Waals surface area (Å²) in [5.41, 5.74) is 1.15. The van der Waals surface area contributed by atoms with Gasteiger partial charge in [0.25, 0.3) is 0 Å². The van der Waals surface area contributed by atoms with E-state index in [0.717, 1.165) is 22.2 Å². The van der Waals surface area contributed by atoms with Crippen LogP contribution in [0.25, 0.3) is 0 Å². The number of rotatable bonds is 8. The monoisotopic (exact) mass is 345 g/mol. The maximum absolute atomic E-state index is 11.8. The first-order chi connectivity index (χ1) is 9.15. The molecule has 0 saturated heterocycles. The third-order valence-electron chi connectivity index (χ3n) is 2.76. The summed E-state index contributed by atoms with van der Waals surface area (Å²) >= 11 is 5.06. The number of nitrogens with one attached hydrogen (secondary N) is 1. The van der Waals surface area contributed by atoms with Crippen molar-refractivity contribution in [2.75, 3.05) is 18.6 Å². The molecule has 1 unspecified atom stereocenters. The van der Waals surface area contributed by atoms with Crippen LogP contribution in [0.5, 0.6) is 0 Å². The highest BCUT2D eigenvalue weighted by Crippen LogP contribution is 2.12. The van der Waals surface area contributed by atoms with Gasteiger partial charge in [0.05, 0.1) is 0 Å². The van der Waals surface area contributed by atoms with E-state index >= 15 is 0 Å². The fourth-order valence-electron chi connectivity index (χ4n) is 1.76. The molecule has 0 bridgehead atoms. The number of thioether (sulfide) groups is 1. The second-order valence-electron chi connectivity index (χ2n) is 4.36. The number of hydrogen-bond acceptors (Lipinski definition) is 3. The number of carbonyl (C=O) groups excluding carboxylic acids is 1. The zero-order valence-corrected chi connectivity index (χ0v) is 13.5. The molecule has 106 valence electrons. The maximum Gasteiger partial charge on any atom is 0.220 e. The lowest BCUT2D eigenvalue weighted by molar-refractivity contribution is -0.121. The van der Waals surface area contributed by atoms with Crippen molar-refractivity contribution in [2.24, 2.45) is 0 Å². The summed E-state index contributed by atoms with van der Waals surface area (Å²) in [5.74, 6) is 0.889. The molecule has 0 aliphatic carbocycles. The number of aliphatic hydroxyl groups excluding tert-OH is 1. The standard InChI is InChI=1S/C14H20BrNO2S/c1-19-10-13(8-9-17)16-14(18)7-4-11-2-5-12(15)6-3-11/h2-3,5-6,13,17H,4,7-10H2,1H3,(H,16,18). The van der Waals surface area contributed by atoms with Crippen molar-refractivity contribution in [1.29, 1.82) is 0 Å². The van der Waals surface area contributed by atoms with Gasteiger partial charge in [-0.1, -0.05) is 28.1 Å². The van der Waals surface area contributed by atoms with Crippen LogP contribution in [0.15, 0.2) is 28.7 Å². The molecule has 1 aromatic carbocycles. The first-order valence-corrected chi connectivity index (χ1v) is 8.48. The minimum Gasteiger partial charge on any atom is -0.396 e. The molecule has 1 amide bonds. The van der Waals surface area contributed by atoms with Crippen LogP contribution >= 0.6 is 27.7 Å². The Morgan fingerprint density at radius 2 is 2.11 bits per heavy atom. The zero-order valence-electron chi connectivity index (χ0n) is 11.1. The molecule has 19 heavy (non-hydrogen) atoms. The average Bonchev–Trinajstić information content (AvgIpc) is 2.39. The van der Waals surface area contributed by atoms with Crippen LogP contribution in [0, 0.1) is 0 Å². The summed E-state index contributed by atoms with van der Waals surface area (Å²) in [6, 6.07) is 8.07. The predicted molar refractivity (Wildman–Crippen MR) is 84.5 cm³/mol. The van der Waals surface area contributed by atoms with Crippen molar-refractivity contribution in [1.82, 2.24) is 5.32 Å². The Labute approximate surface area is 127 Å². The summed E-state index contributed by atoms with van der Waals surface area (Å²) in [4.78, 5) is 11.8. The Hall–Kier alpha value is -0.520. The number of halogens is 1. The van der Waals surface area contributed by atoms with E-state index in [1.165, 1.54) is 0 Å². The second-order valence-corrected chi connectivity index (χ2v) is 6.18. The van der Waals surface area contributed by atoms with E-state index in [1.54, 1.807) is 11.8 Å². The molecule has 1 aromatic rings. The first-order valence-electron chi connectivity index (χ1n) is 6.29. The number of hydrogen-bond donors (Lipinski definition) is 2. The van der Waals surface area contributed by atoms with Gasteiger partial charge in [0.15, 0.2) is 0 Å². The summed E-state index contributed by atoms with van der Waals surface area (Å²) < 4.78 is 1.05. The van der Waals surface area contributed by atoms with Gasteiger partial charge in [0.1, 0.15) is 0 Å². The summed E-state index contributed by atoms with van der Waals surface area (Å²) in [6.45, 7) is 0.109. The van der Waals surface area contributed by atoms with Crippen LogP contribution in [0.3, 0.4) is 0 Å². The summed E-state index contributed by atoms with van der Waals surface area (Å²) in [7, 11) is 0. The van der Waals surface area contributed by atoms with Gasteiger partial charge in [0.2, 0.25) is 5.91 Å². The van der Waals surface area contributed by atoms with Crippen LogP contribution in [0.4, 0.5) is 0 Å². The summed E-state index contributed by atoms with van der Waals surface area (Å²) in [6.07, 6.45) is 3.84. The van der Waals surface area contributed by atoms with E-state index in [4.69, 9.17) is 5.11 Å². The maximum atomic E-state index is 11.8. The normalized spacial score (nSPS) is 12.2. The van der Waals surface area contributed by atoms with Gasteiger partial charge < -0.3 is 10.4 Å². The van der Waals surface area contributed by atoms with E-state index in [1.807, 2.05) is 30.5 Å². The molecule has 1 rings (SSSR count). The molecule has 0 aromatic heterocycles. The molecule has 0 fully saturated rings. The third-order valence-corrected chi connectivity index (χ3v) is 4.03. The van der Waals surface area contributed by atoms with Gasteiger partial charge in [-0.05, 0) is 36.8 Å². The van der Waals surface area contributed by atoms with Gasteiger partial charge in [-0.2, -0.15) is 11.8 Å². The fourth-order valence-corrected chi connectivity index (χ4v) is 2.68. The second kappa shape index (κ2) is 9.39. The Morgan fingerprint density at radius 3 is 2.68 bits per heavy atom. The molecular weight excluding hydrogens is 326 g/mol. The number of aryl methyl sites for hydroxylation is 1. The van der Waals surface area contributed by atoms with E-state index < -0.39 is 0 Å². The quantitative estimate of drug-likeness (QED) is 0.761. The van der Waals surface area contributed by atoms with Crippen LogP contribution in [-0.4, -0.2) is 35.7 Å². The molecule has 5 heteroatoms. The molecule has 0 aliphatic heterocycles. The van der Waals surface area contributed by atoms with E-state index in [0.29, 0.717) is 12.8 Å². The predicted octanol–water partition coefficient (Wildman–Crippen LogP) is 2.61. The molecular formula is C14H20BrNO2S. The lowest BCUT2D eigenvalue weighted by Crippen LogP contribution is -2.37. The van der Waals surface area contributed by atoms with Crippen LogP contribution in [0.2, 0.25) is 0 Å². The summed E-state index contributed by atoms with van der Waals surface area (Å²) in [5, 5.41) is 11.9. The van der Waals surface area contributed by atoms with Crippen molar-refractivity contribution in [3.63, 3.8) is 0 Å². The number of aliphatic hydroxyl groups is 1. The highest BCUT2D eigenvalue weighted by Gasteiger charge is 2.11. The third kappa shape index (κ3) is 6.99. The molecule has 3 nitrogen and oxygen atoms in total. The Morgan fingerprint density at radius 1 is 1.42 bits per heavy atom. The van der Waals surface area contributed by atoms with Crippen LogP contribution in [-0.2, 0) is 11.2 Å². The van der Waals surface area contributed by atoms with E-state index in [-0.39, 0.29) is 18.6 Å². The molecule has 0 aliphatic rings. The van der Waals surface area contributed by atoms with Gasteiger partial charge >= 0.3 is 0 Å². The minimum absolute atomic E-state index is 0.0513. The molecule has 0 radical (unpaired) electrons. The lowest BCUT2D eigenvalue weighted by atomic mass is 10.1. The smallest absolute Gasteiger partial charge is 0.220 e. The van der Waals surface area contributed by atoms with E-state index in [2.05, 4.69) is 21.2 Å². The SMILES string of the molecule is CSCC(CCO)NC(=O)CCc1ccc(Br)cc1. The lowest BCUT2D eigenvalue weighted by Gasteiger charge is -2.16. The Bertz CT molecular complexity index is 378. The van der Waals surface area contributed by atoms with Crippen molar-refractivity contribution in [2.45, 2.75) is 25.3 Å². The molecule has 2 N–H and O–H groups in total.